The van der Waals surface area contributed by atoms with Crippen LogP contribution >= 0.6 is 11.8 Å². The fourth-order valence-corrected chi connectivity index (χ4v) is 3.64. The minimum absolute atomic E-state index is 0.0111. The SMILES string of the molecule is CC[C@H](C(=O)NC(C)C)N(Cc1ccc(F)cc1)C(=O)CSc1ccccc1. The van der Waals surface area contributed by atoms with Gasteiger partial charge in [0.1, 0.15) is 11.9 Å². The lowest BCUT2D eigenvalue weighted by Crippen LogP contribution is -2.50. The van der Waals surface area contributed by atoms with Crippen LogP contribution in [-0.4, -0.2) is 34.6 Å². The molecule has 0 saturated heterocycles. The van der Waals surface area contributed by atoms with Gasteiger partial charge in [0.05, 0.1) is 5.75 Å². The number of nitrogens with zero attached hydrogens (tertiary/aromatic N) is 1. The van der Waals surface area contributed by atoms with Crippen LogP contribution < -0.4 is 5.32 Å². The van der Waals surface area contributed by atoms with Crippen LogP contribution in [0.25, 0.3) is 0 Å². The Bertz CT molecular complexity index is 766. The summed E-state index contributed by atoms with van der Waals surface area (Å²) in [5.41, 5.74) is 0.787. The molecule has 1 N–H and O–H groups in total. The van der Waals surface area contributed by atoms with Crippen molar-refractivity contribution in [1.82, 2.24) is 10.2 Å². The van der Waals surface area contributed by atoms with Crippen LogP contribution in [0.1, 0.15) is 32.8 Å². The Hall–Kier alpha value is -2.34. The smallest absolute Gasteiger partial charge is 0.243 e. The minimum Gasteiger partial charge on any atom is -0.352 e. The zero-order chi connectivity index (χ0) is 20.5. The molecule has 0 aromatic heterocycles. The van der Waals surface area contributed by atoms with Crippen LogP contribution in [0.4, 0.5) is 4.39 Å². The Morgan fingerprint density at radius 3 is 2.29 bits per heavy atom. The third-order valence-electron chi connectivity index (χ3n) is 4.19. The van der Waals surface area contributed by atoms with Gasteiger partial charge in [0.25, 0.3) is 0 Å². The highest BCUT2D eigenvalue weighted by atomic mass is 32.2. The molecule has 6 heteroatoms. The maximum atomic E-state index is 13.2. The maximum absolute atomic E-state index is 13.2. The van der Waals surface area contributed by atoms with Crippen molar-refractivity contribution < 1.29 is 14.0 Å². The largest absolute Gasteiger partial charge is 0.352 e. The average Bonchev–Trinajstić information content (AvgIpc) is 2.67. The third kappa shape index (κ3) is 6.68. The number of hydrogen-bond donors (Lipinski definition) is 1. The van der Waals surface area contributed by atoms with Gasteiger partial charge in [-0.3, -0.25) is 9.59 Å². The van der Waals surface area contributed by atoms with Crippen molar-refractivity contribution in [2.75, 3.05) is 5.75 Å². The molecule has 0 unspecified atom stereocenters. The van der Waals surface area contributed by atoms with E-state index in [-0.39, 0.29) is 36.0 Å². The molecule has 0 aliphatic carbocycles. The number of amides is 2. The molecule has 28 heavy (non-hydrogen) atoms. The molecule has 2 aromatic rings. The standard InChI is InChI=1S/C22H27FN2O2S/c1-4-20(22(27)24-16(2)3)25(14-17-10-12-18(23)13-11-17)21(26)15-28-19-8-6-5-7-9-19/h5-13,16,20H,4,14-15H2,1-3H3,(H,24,27)/t20-/m1/s1. The van der Waals surface area contributed by atoms with Crippen LogP contribution in [0.5, 0.6) is 0 Å². The van der Waals surface area contributed by atoms with Gasteiger partial charge in [-0.1, -0.05) is 37.3 Å². The summed E-state index contributed by atoms with van der Waals surface area (Å²) >= 11 is 1.44. The summed E-state index contributed by atoms with van der Waals surface area (Å²) in [5, 5.41) is 2.90. The van der Waals surface area contributed by atoms with Crippen LogP contribution in [0.2, 0.25) is 0 Å². The van der Waals surface area contributed by atoms with Gasteiger partial charge in [-0.2, -0.15) is 0 Å². The zero-order valence-electron chi connectivity index (χ0n) is 16.5. The molecule has 0 bridgehead atoms. The molecule has 1 atom stereocenters. The molecule has 0 fully saturated rings. The monoisotopic (exact) mass is 402 g/mol. The van der Waals surface area contributed by atoms with E-state index in [9.17, 15) is 14.0 Å². The Labute approximate surface area is 170 Å². The summed E-state index contributed by atoms with van der Waals surface area (Å²) in [6.45, 7) is 5.93. The quantitative estimate of drug-likeness (QED) is 0.638. The number of rotatable bonds is 9. The van der Waals surface area contributed by atoms with Gasteiger partial charge < -0.3 is 10.2 Å². The predicted molar refractivity (Wildman–Crippen MR) is 111 cm³/mol. The Balaban J connectivity index is 2.18. The number of carbonyl (C=O) groups is 2. The van der Waals surface area contributed by atoms with Gasteiger partial charge in [0.15, 0.2) is 0 Å². The molecule has 2 aromatic carbocycles. The first kappa shape index (κ1) is 22.0. The van der Waals surface area contributed by atoms with Gasteiger partial charge in [-0.05, 0) is 50.1 Å². The van der Waals surface area contributed by atoms with E-state index < -0.39 is 6.04 Å². The van der Waals surface area contributed by atoms with Crippen molar-refractivity contribution >= 4 is 23.6 Å². The molecule has 0 spiro atoms. The van der Waals surface area contributed by atoms with Gasteiger partial charge in [0.2, 0.25) is 11.8 Å². The summed E-state index contributed by atoms with van der Waals surface area (Å²) < 4.78 is 13.2. The number of benzene rings is 2. The second kappa shape index (κ2) is 10.9. The molecule has 150 valence electrons. The summed E-state index contributed by atoms with van der Waals surface area (Å²) in [5.74, 6) is -0.385. The molecule has 4 nitrogen and oxygen atoms in total. The molecular weight excluding hydrogens is 375 g/mol. The van der Waals surface area contributed by atoms with Gasteiger partial charge in [0, 0.05) is 17.5 Å². The van der Waals surface area contributed by atoms with E-state index >= 15 is 0 Å². The molecule has 0 saturated carbocycles. The van der Waals surface area contributed by atoms with E-state index in [1.165, 1.54) is 23.9 Å². The molecule has 0 heterocycles. The fourth-order valence-electron chi connectivity index (χ4n) is 2.83. The summed E-state index contributed by atoms with van der Waals surface area (Å²) in [4.78, 5) is 28.3. The Kier molecular flexibility index (Phi) is 8.51. The first-order valence-corrected chi connectivity index (χ1v) is 10.4. The van der Waals surface area contributed by atoms with E-state index in [1.54, 1.807) is 17.0 Å². The van der Waals surface area contributed by atoms with Crippen LogP contribution in [-0.2, 0) is 16.1 Å². The fraction of sp³-hybridized carbons (Fsp3) is 0.364. The Morgan fingerprint density at radius 2 is 1.71 bits per heavy atom. The average molecular weight is 403 g/mol. The van der Waals surface area contributed by atoms with Crippen molar-refractivity contribution in [2.45, 2.75) is 50.7 Å². The molecule has 2 amide bonds. The van der Waals surface area contributed by atoms with Crippen LogP contribution in [0.15, 0.2) is 59.5 Å². The molecule has 0 aliphatic rings. The number of nitrogens with one attached hydrogen (secondary N) is 1. The normalized spacial score (nSPS) is 11.9. The predicted octanol–water partition coefficient (Wildman–Crippen LogP) is 4.25. The highest BCUT2D eigenvalue weighted by Gasteiger charge is 2.28. The highest BCUT2D eigenvalue weighted by molar-refractivity contribution is 8.00. The summed E-state index contributed by atoms with van der Waals surface area (Å²) in [6, 6.07) is 15.1. The van der Waals surface area contributed by atoms with E-state index in [0.29, 0.717) is 6.42 Å². The first-order valence-electron chi connectivity index (χ1n) is 9.42. The van der Waals surface area contributed by atoms with E-state index in [0.717, 1.165) is 10.5 Å². The zero-order valence-corrected chi connectivity index (χ0v) is 17.3. The number of thioether (sulfide) groups is 1. The lowest BCUT2D eigenvalue weighted by Gasteiger charge is -2.31. The van der Waals surface area contributed by atoms with Crippen molar-refractivity contribution in [2.24, 2.45) is 0 Å². The summed E-state index contributed by atoms with van der Waals surface area (Å²) in [7, 11) is 0. The van der Waals surface area contributed by atoms with Crippen molar-refractivity contribution in [3.8, 4) is 0 Å². The van der Waals surface area contributed by atoms with Gasteiger partial charge in [-0.25, -0.2) is 4.39 Å². The minimum atomic E-state index is -0.573. The van der Waals surface area contributed by atoms with Crippen LogP contribution in [0.3, 0.4) is 0 Å². The second-order valence-corrected chi connectivity index (χ2v) is 7.89. The lowest BCUT2D eigenvalue weighted by molar-refractivity contribution is -0.139. The Morgan fingerprint density at radius 1 is 1.07 bits per heavy atom. The number of hydrogen-bond acceptors (Lipinski definition) is 3. The molecule has 0 radical (unpaired) electrons. The van der Waals surface area contributed by atoms with Gasteiger partial charge >= 0.3 is 0 Å². The topological polar surface area (TPSA) is 49.4 Å². The van der Waals surface area contributed by atoms with Crippen molar-refractivity contribution in [1.29, 1.82) is 0 Å². The lowest BCUT2D eigenvalue weighted by atomic mass is 10.1. The first-order chi connectivity index (χ1) is 13.4. The van der Waals surface area contributed by atoms with E-state index in [2.05, 4.69) is 5.32 Å². The van der Waals surface area contributed by atoms with E-state index in [4.69, 9.17) is 0 Å². The van der Waals surface area contributed by atoms with Crippen molar-refractivity contribution in [3.05, 3.63) is 66.0 Å². The number of carbonyl (C=O) groups excluding carboxylic acids is 2. The van der Waals surface area contributed by atoms with Gasteiger partial charge in [-0.15, -0.1) is 11.8 Å². The third-order valence-corrected chi connectivity index (χ3v) is 5.19. The number of halogens is 1. The maximum Gasteiger partial charge on any atom is 0.243 e. The molecular formula is C22H27FN2O2S. The van der Waals surface area contributed by atoms with Crippen molar-refractivity contribution in [3.63, 3.8) is 0 Å². The van der Waals surface area contributed by atoms with E-state index in [1.807, 2.05) is 51.1 Å². The molecule has 2 rings (SSSR count). The van der Waals surface area contributed by atoms with Crippen LogP contribution in [0, 0.1) is 5.82 Å². The second-order valence-electron chi connectivity index (χ2n) is 6.84. The molecule has 0 aliphatic heterocycles. The highest BCUT2D eigenvalue weighted by Crippen LogP contribution is 2.20. The summed E-state index contributed by atoms with van der Waals surface area (Å²) in [6.07, 6.45) is 0.501.